The zero-order valence-electron chi connectivity index (χ0n) is 16.1. The van der Waals surface area contributed by atoms with Gasteiger partial charge in [0.05, 0.1) is 0 Å². The van der Waals surface area contributed by atoms with Crippen molar-refractivity contribution in [3.63, 3.8) is 0 Å². The fourth-order valence-corrected chi connectivity index (χ4v) is 2.86. The average Bonchev–Trinajstić information content (AvgIpc) is 2.52. The molecule has 0 aliphatic carbocycles. The van der Waals surface area contributed by atoms with Crippen molar-refractivity contribution in [3.8, 4) is 0 Å². The summed E-state index contributed by atoms with van der Waals surface area (Å²) in [5, 5.41) is 0. The SMILES string of the molecule is C[C@@H]1CN(c2ccc(C(=O)N(C)C)cc2)CCN1C(=O)OC(C)(C)C. The van der Waals surface area contributed by atoms with E-state index in [2.05, 4.69) is 4.90 Å². The van der Waals surface area contributed by atoms with Crippen LogP contribution in [0.4, 0.5) is 10.5 Å². The van der Waals surface area contributed by atoms with E-state index in [1.165, 1.54) is 0 Å². The summed E-state index contributed by atoms with van der Waals surface area (Å²) in [7, 11) is 3.49. The number of carbonyl (C=O) groups is 2. The third-order valence-electron chi connectivity index (χ3n) is 4.14. The number of amides is 2. The van der Waals surface area contributed by atoms with Crippen LogP contribution in [0.3, 0.4) is 0 Å². The fraction of sp³-hybridized carbons (Fsp3) is 0.579. The number of piperazine rings is 1. The van der Waals surface area contributed by atoms with E-state index >= 15 is 0 Å². The Labute approximate surface area is 150 Å². The topological polar surface area (TPSA) is 53.1 Å². The molecular weight excluding hydrogens is 318 g/mol. The Morgan fingerprint density at radius 2 is 1.72 bits per heavy atom. The first-order valence-electron chi connectivity index (χ1n) is 8.65. The summed E-state index contributed by atoms with van der Waals surface area (Å²) < 4.78 is 5.48. The van der Waals surface area contributed by atoms with Crippen molar-refractivity contribution in [2.75, 3.05) is 38.6 Å². The van der Waals surface area contributed by atoms with Gasteiger partial charge in [-0.15, -0.1) is 0 Å². The van der Waals surface area contributed by atoms with Gasteiger partial charge in [0.1, 0.15) is 5.60 Å². The van der Waals surface area contributed by atoms with E-state index in [0.29, 0.717) is 12.1 Å². The van der Waals surface area contributed by atoms with Gasteiger partial charge in [-0.25, -0.2) is 4.79 Å². The highest BCUT2D eigenvalue weighted by Crippen LogP contribution is 2.22. The van der Waals surface area contributed by atoms with E-state index < -0.39 is 5.60 Å². The molecule has 138 valence electrons. The maximum atomic E-state index is 12.3. The zero-order valence-corrected chi connectivity index (χ0v) is 16.1. The van der Waals surface area contributed by atoms with Gasteiger partial charge in [-0.05, 0) is 52.0 Å². The Kier molecular flexibility index (Phi) is 5.60. The minimum absolute atomic E-state index is 0.00494. The maximum Gasteiger partial charge on any atom is 0.410 e. The molecule has 1 aliphatic heterocycles. The number of rotatable bonds is 2. The quantitative estimate of drug-likeness (QED) is 0.825. The third-order valence-corrected chi connectivity index (χ3v) is 4.14. The maximum absolute atomic E-state index is 12.3. The minimum Gasteiger partial charge on any atom is -0.444 e. The molecule has 1 aromatic carbocycles. The van der Waals surface area contributed by atoms with Crippen LogP contribution in [0.5, 0.6) is 0 Å². The molecule has 1 heterocycles. The first-order chi connectivity index (χ1) is 11.6. The number of ether oxygens (including phenoxy) is 1. The number of nitrogens with zero attached hydrogens (tertiary/aromatic N) is 3. The molecule has 2 amide bonds. The van der Waals surface area contributed by atoms with E-state index in [1.54, 1.807) is 23.9 Å². The smallest absolute Gasteiger partial charge is 0.410 e. The zero-order chi connectivity index (χ0) is 18.8. The van der Waals surface area contributed by atoms with Crippen LogP contribution in [0.25, 0.3) is 0 Å². The van der Waals surface area contributed by atoms with Crippen LogP contribution in [0.2, 0.25) is 0 Å². The standard InChI is InChI=1S/C19H29N3O3/c1-14-13-21(11-12-22(14)18(24)25-19(2,3)4)16-9-7-15(8-10-16)17(23)20(5)6/h7-10,14H,11-13H2,1-6H3/t14-/m1/s1. The van der Waals surface area contributed by atoms with E-state index in [1.807, 2.05) is 52.0 Å². The lowest BCUT2D eigenvalue weighted by atomic mass is 10.1. The highest BCUT2D eigenvalue weighted by atomic mass is 16.6. The molecule has 6 heteroatoms. The second-order valence-electron chi connectivity index (χ2n) is 7.72. The van der Waals surface area contributed by atoms with Crippen LogP contribution in [-0.2, 0) is 4.74 Å². The van der Waals surface area contributed by atoms with Gasteiger partial charge in [-0.3, -0.25) is 4.79 Å². The van der Waals surface area contributed by atoms with Gasteiger partial charge in [0.15, 0.2) is 0 Å². The molecule has 1 saturated heterocycles. The molecule has 1 atom stereocenters. The number of benzene rings is 1. The number of hydrogen-bond donors (Lipinski definition) is 0. The molecule has 0 N–H and O–H groups in total. The average molecular weight is 347 g/mol. The second kappa shape index (κ2) is 7.33. The molecule has 1 fully saturated rings. The molecule has 6 nitrogen and oxygen atoms in total. The number of anilines is 1. The summed E-state index contributed by atoms with van der Waals surface area (Å²) in [4.78, 5) is 29.8. The van der Waals surface area contributed by atoms with Crippen LogP contribution >= 0.6 is 0 Å². The molecule has 0 unspecified atom stereocenters. The molecule has 25 heavy (non-hydrogen) atoms. The van der Waals surface area contributed by atoms with Gasteiger partial charge in [0, 0.05) is 51.0 Å². The molecule has 0 aromatic heterocycles. The van der Waals surface area contributed by atoms with Crippen molar-refractivity contribution >= 4 is 17.7 Å². The normalized spacial score (nSPS) is 18.1. The van der Waals surface area contributed by atoms with Crippen molar-refractivity contribution in [3.05, 3.63) is 29.8 Å². The third kappa shape index (κ3) is 4.87. The molecule has 0 radical (unpaired) electrons. The van der Waals surface area contributed by atoms with Crippen LogP contribution in [0.15, 0.2) is 24.3 Å². The lowest BCUT2D eigenvalue weighted by Gasteiger charge is -2.41. The highest BCUT2D eigenvalue weighted by molar-refractivity contribution is 5.94. The Balaban J connectivity index is 2.01. The summed E-state index contributed by atoms with van der Waals surface area (Å²) in [5.41, 5.74) is 1.25. The summed E-state index contributed by atoms with van der Waals surface area (Å²) >= 11 is 0. The van der Waals surface area contributed by atoms with Crippen LogP contribution in [0, 0.1) is 0 Å². The molecule has 0 saturated carbocycles. The van der Waals surface area contributed by atoms with E-state index in [0.717, 1.165) is 18.8 Å². The van der Waals surface area contributed by atoms with Gasteiger partial charge in [-0.2, -0.15) is 0 Å². The summed E-state index contributed by atoms with van der Waals surface area (Å²) in [5.74, 6) is -0.00494. The Hall–Kier alpha value is -2.24. The van der Waals surface area contributed by atoms with E-state index in [9.17, 15) is 9.59 Å². The van der Waals surface area contributed by atoms with Gasteiger partial charge in [-0.1, -0.05) is 0 Å². The van der Waals surface area contributed by atoms with Gasteiger partial charge in [0.2, 0.25) is 0 Å². The first kappa shape index (κ1) is 19.1. The Morgan fingerprint density at radius 1 is 1.12 bits per heavy atom. The molecule has 0 spiro atoms. The van der Waals surface area contributed by atoms with Crippen molar-refractivity contribution in [1.29, 1.82) is 0 Å². The van der Waals surface area contributed by atoms with Crippen molar-refractivity contribution in [1.82, 2.24) is 9.80 Å². The Morgan fingerprint density at radius 3 is 2.20 bits per heavy atom. The predicted octanol–water partition coefficient (Wildman–Crippen LogP) is 2.83. The fourth-order valence-electron chi connectivity index (χ4n) is 2.86. The lowest BCUT2D eigenvalue weighted by Crippen LogP contribution is -2.55. The highest BCUT2D eigenvalue weighted by Gasteiger charge is 2.30. The van der Waals surface area contributed by atoms with Crippen molar-refractivity contribution in [2.24, 2.45) is 0 Å². The summed E-state index contributed by atoms with van der Waals surface area (Å²) in [6, 6.07) is 7.69. The van der Waals surface area contributed by atoms with Crippen LogP contribution in [-0.4, -0.2) is 67.2 Å². The monoisotopic (exact) mass is 347 g/mol. The van der Waals surface area contributed by atoms with Gasteiger partial charge in [0.25, 0.3) is 5.91 Å². The predicted molar refractivity (Wildman–Crippen MR) is 99.1 cm³/mol. The second-order valence-corrected chi connectivity index (χ2v) is 7.72. The largest absolute Gasteiger partial charge is 0.444 e. The number of carbonyl (C=O) groups excluding carboxylic acids is 2. The van der Waals surface area contributed by atoms with E-state index in [-0.39, 0.29) is 18.0 Å². The first-order valence-corrected chi connectivity index (χ1v) is 8.65. The molecule has 1 aliphatic rings. The number of hydrogen-bond acceptors (Lipinski definition) is 4. The molecular formula is C19H29N3O3. The minimum atomic E-state index is -0.483. The summed E-state index contributed by atoms with van der Waals surface area (Å²) in [6.45, 7) is 9.76. The molecule has 1 aromatic rings. The Bertz CT molecular complexity index is 620. The van der Waals surface area contributed by atoms with Crippen LogP contribution in [0.1, 0.15) is 38.1 Å². The van der Waals surface area contributed by atoms with Gasteiger partial charge >= 0.3 is 6.09 Å². The molecule has 2 rings (SSSR count). The van der Waals surface area contributed by atoms with E-state index in [4.69, 9.17) is 4.74 Å². The van der Waals surface area contributed by atoms with Crippen molar-refractivity contribution in [2.45, 2.75) is 39.3 Å². The molecule has 0 bridgehead atoms. The summed E-state index contributed by atoms with van der Waals surface area (Å²) in [6.07, 6.45) is -0.258. The van der Waals surface area contributed by atoms with Crippen molar-refractivity contribution < 1.29 is 14.3 Å². The lowest BCUT2D eigenvalue weighted by molar-refractivity contribution is 0.0159. The van der Waals surface area contributed by atoms with Gasteiger partial charge < -0.3 is 19.4 Å². The van der Waals surface area contributed by atoms with Crippen LogP contribution < -0.4 is 4.90 Å².